The lowest BCUT2D eigenvalue weighted by atomic mass is 9.96. The summed E-state index contributed by atoms with van der Waals surface area (Å²) in [6, 6.07) is 11.9. The van der Waals surface area contributed by atoms with Gasteiger partial charge in [-0.1, -0.05) is 93.5 Å². The first-order chi connectivity index (χ1) is 24.0. The van der Waals surface area contributed by atoms with E-state index in [0.717, 1.165) is 37.7 Å². The van der Waals surface area contributed by atoms with Crippen LogP contribution in [-0.4, -0.2) is 64.5 Å². The van der Waals surface area contributed by atoms with Crippen molar-refractivity contribution in [3.8, 4) is 12.3 Å². The zero-order chi connectivity index (χ0) is 38.2. The Hall–Kier alpha value is -4.85. The number of nitrogens with one attached hydrogen (secondary N) is 2. The number of carbonyl (C=O) groups is 5. The first-order valence-electron chi connectivity index (χ1n) is 17.7. The van der Waals surface area contributed by atoms with Crippen molar-refractivity contribution < 1.29 is 33.4 Å². The molecular weight excluding hydrogens is 648 g/mol. The second-order valence-corrected chi connectivity index (χ2v) is 14.6. The van der Waals surface area contributed by atoms with E-state index in [1.54, 1.807) is 65.8 Å². The Morgan fingerprint density at radius 1 is 0.804 bits per heavy atom. The number of amides is 4. The topological polar surface area (TPSA) is 157 Å². The smallest absolute Gasteiger partial charge is 0.408 e. The normalized spacial score (nSPS) is 13.1. The van der Waals surface area contributed by atoms with Gasteiger partial charge in [-0.05, 0) is 65.2 Å². The Morgan fingerprint density at radius 2 is 1.39 bits per heavy atom. The summed E-state index contributed by atoms with van der Waals surface area (Å²) in [5.74, 6) is -0.328. The highest BCUT2D eigenvalue weighted by Crippen LogP contribution is 2.28. The van der Waals surface area contributed by atoms with Crippen LogP contribution < -0.4 is 16.4 Å². The van der Waals surface area contributed by atoms with Crippen molar-refractivity contribution in [1.82, 2.24) is 15.5 Å². The first-order valence-corrected chi connectivity index (χ1v) is 17.7. The molecule has 0 aliphatic rings. The largest absolute Gasteiger partial charge is 0.458 e. The lowest BCUT2D eigenvalue weighted by Crippen LogP contribution is -2.56. The average Bonchev–Trinajstić information content (AvgIpc) is 3.03. The maximum atomic E-state index is 14.7. The standard InChI is InChI=1S/C40H56N4O7/c1-9-11-12-13-14-20-25-44(36(47)31(27-33(41)45)43-38(49)51-40(6,7)8)34(30-24-19-18-23-29(30)10-2)35(46)42-32(37(48)50-39(3,4)5)26-28-21-16-15-17-22-28/h2,15-19,21-24,31-32,34H,9,11-14,20,25-27H2,1,3-8H3,(H2,41,45)(H,42,46)(H,43,49). The molecule has 3 atom stereocenters. The zero-order valence-electron chi connectivity index (χ0n) is 31.3. The molecule has 0 aliphatic carbocycles. The van der Waals surface area contributed by atoms with E-state index in [4.69, 9.17) is 21.6 Å². The van der Waals surface area contributed by atoms with Gasteiger partial charge in [-0.2, -0.15) is 0 Å². The Labute approximate surface area is 303 Å². The molecule has 0 saturated heterocycles. The maximum absolute atomic E-state index is 14.7. The second-order valence-electron chi connectivity index (χ2n) is 14.6. The van der Waals surface area contributed by atoms with Crippen LogP contribution in [0.1, 0.15) is 116 Å². The van der Waals surface area contributed by atoms with Gasteiger partial charge in [-0.3, -0.25) is 14.4 Å². The number of hydrogen-bond acceptors (Lipinski definition) is 7. The van der Waals surface area contributed by atoms with Crippen LogP contribution in [0.3, 0.4) is 0 Å². The number of rotatable bonds is 18. The minimum absolute atomic E-state index is 0.0724. The molecule has 51 heavy (non-hydrogen) atoms. The maximum Gasteiger partial charge on any atom is 0.408 e. The fourth-order valence-corrected chi connectivity index (χ4v) is 5.46. The SMILES string of the molecule is C#Cc1ccccc1C(C(=O)NC(Cc1ccccc1)C(=O)OC(C)(C)C)N(CCCCCCCC)C(=O)C(CC(N)=O)NC(=O)OC(C)(C)C. The van der Waals surface area contributed by atoms with Crippen LogP contribution in [0.5, 0.6) is 0 Å². The molecule has 0 radical (unpaired) electrons. The van der Waals surface area contributed by atoms with Crippen molar-refractivity contribution in [2.24, 2.45) is 5.73 Å². The number of benzene rings is 2. The minimum Gasteiger partial charge on any atom is -0.458 e. The zero-order valence-corrected chi connectivity index (χ0v) is 31.3. The van der Waals surface area contributed by atoms with E-state index in [1.807, 2.05) is 30.3 Å². The molecule has 2 aromatic carbocycles. The number of terminal acetylenes is 1. The van der Waals surface area contributed by atoms with Gasteiger partial charge in [-0.15, -0.1) is 6.42 Å². The molecule has 0 aliphatic heterocycles. The van der Waals surface area contributed by atoms with Crippen molar-refractivity contribution in [3.05, 3.63) is 71.3 Å². The molecule has 0 bridgehead atoms. The lowest BCUT2D eigenvalue weighted by molar-refractivity contribution is -0.159. The molecule has 2 aromatic rings. The summed E-state index contributed by atoms with van der Waals surface area (Å²) < 4.78 is 11.1. The van der Waals surface area contributed by atoms with Crippen molar-refractivity contribution >= 4 is 29.8 Å². The van der Waals surface area contributed by atoms with E-state index in [-0.39, 0.29) is 13.0 Å². The molecule has 0 aromatic heterocycles. The van der Waals surface area contributed by atoms with Gasteiger partial charge in [0.2, 0.25) is 17.7 Å². The summed E-state index contributed by atoms with van der Waals surface area (Å²) in [6.45, 7) is 12.4. The van der Waals surface area contributed by atoms with Gasteiger partial charge < -0.3 is 30.7 Å². The van der Waals surface area contributed by atoms with Gasteiger partial charge in [0, 0.05) is 18.5 Å². The van der Waals surface area contributed by atoms with Crippen molar-refractivity contribution in [3.63, 3.8) is 0 Å². The molecule has 0 spiro atoms. The molecule has 0 fully saturated rings. The van der Waals surface area contributed by atoms with Gasteiger partial charge >= 0.3 is 12.1 Å². The number of nitrogens with zero attached hydrogens (tertiary/aromatic N) is 1. The molecule has 11 nitrogen and oxygen atoms in total. The predicted molar refractivity (Wildman–Crippen MR) is 197 cm³/mol. The van der Waals surface area contributed by atoms with E-state index in [1.165, 1.54) is 4.90 Å². The number of carbonyl (C=O) groups excluding carboxylic acids is 5. The van der Waals surface area contributed by atoms with E-state index in [2.05, 4.69) is 23.5 Å². The molecule has 0 heterocycles. The summed E-state index contributed by atoms with van der Waals surface area (Å²) in [7, 11) is 0. The highest BCUT2D eigenvalue weighted by molar-refractivity contribution is 5.96. The van der Waals surface area contributed by atoms with Crippen LogP contribution in [0.4, 0.5) is 4.79 Å². The van der Waals surface area contributed by atoms with Crippen LogP contribution in [-0.2, 0) is 35.1 Å². The molecule has 278 valence electrons. The molecule has 4 amide bonds. The molecule has 3 unspecified atom stereocenters. The minimum atomic E-state index is -1.46. The van der Waals surface area contributed by atoms with E-state index >= 15 is 0 Å². The molecule has 2 rings (SSSR count). The van der Waals surface area contributed by atoms with E-state index in [9.17, 15) is 24.0 Å². The van der Waals surface area contributed by atoms with Crippen LogP contribution in [0.25, 0.3) is 0 Å². The van der Waals surface area contributed by atoms with Crippen LogP contribution >= 0.6 is 0 Å². The molecule has 4 N–H and O–H groups in total. The van der Waals surface area contributed by atoms with Crippen LogP contribution in [0, 0.1) is 12.3 Å². The number of esters is 1. The summed E-state index contributed by atoms with van der Waals surface area (Å²) in [5.41, 5.74) is 5.27. The van der Waals surface area contributed by atoms with Gasteiger partial charge in [-0.25, -0.2) is 9.59 Å². The van der Waals surface area contributed by atoms with Crippen molar-refractivity contribution in [1.29, 1.82) is 0 Å². The van der Waals surface area contributed by atoms with Gasteiger partial charge in [0.1, 0.15) is 29.3 Å². The predicted octanol–water partition coefficient (Wildman–Crippen LogP) is 5.74. The monoisotopic (exact) mass is 704 g/mol. The third kappa shape index (κ3) is 15.3. The van der Waals surface area contributed by atoms with Crippen LogP contribution in [0.15, 0.2) is 54.6 Å². The number of hydrogen-bond donors (Lipinski definition) is 3. The first kappa shape index (κ1) is 42.3. The lowest BCUT2D eigenvalue weighted by Gasteiger charge is -2.35. The number of primary amides is 1. The van der Waals surface area contributed by atoms with Gasteiger partial charge in [0.25, 0.3) is 0 Å². The third-order valence-corrected chi connectivity index (χ3v) is 7.69. The Kier molecular flexibility index (Phi) is 16.7. The Bertz CT molecular complexity index is 1510. The van der Waals surface area contributed by atoms with Crippen LogP contribution in [0.2, 0.25) is 0 Å². The van der Waals surface area contributed by atoms with Crippen molar-refractivity contribution in [2.75, 3.05) is 6.54 Å². The van der Waals surface area contributed by atoms with Crippen molar-refractivity contribution in [2.45, 2.75) is 129 Å². The number of alkyl carbamates (subject to hydrolysis) is 1. The molecule has 0 saturated carbocycles. The molecular formula is C40H56N4O7. The number of unbranched alkanes of at least 4 members (excludes halogenated alkanes) is 5. The fraction of sp³-hybridized carbons (Fsp3) is 0.525. The van der Waals surface area contributed by atoms with Gasteiger partial charge in [0.05, 0.1) is 6.42 Å². The highest BCUT2D eigenvalue weighted by atomic mass is 16.6. The average molecular weight is 705 g/mol. The Morgan fingerprint density at radius 3 is 1.98 bits per heavy atom. The van der Waals surface area contributed by atoms with E-state index < -0.39 is 65.5 Å². The summed E-state index contributed by atoms with van der Waals surface area (Å²) in [4.78, 5) is 69.3. The van der Waals surface area contributed by atoms with E-state index in [0.29, 0.717) is 17.5 Å². The Balaban J connectivity index is 2.69. The second kappa shape index (κ2) is 20.1. The quantitative estimate of drug-likeness (QED) is 0.102. The fourth-order valence-electron chi connectivity index (χ4n) is 5.46. The number of ether oxygens (including phenoxy) is 2. The number of nitrogens with two attached hydrogens (primary N) is 1. The van der Waals surface area contributed by atoms with Gasteiger partial charge in [0.15, 0.2) is 0 Å². The summed E-state index contributed by atoms with van der Waals surface area (Å²) in [6.07, 6.45) is 9.84. The highest BCUT2D eigenvalue weighted by Gasteiger charge is 2.39. The summed E-state index contributed by atoms with van der Waals surface area (Å²) >= 11 is 0. The molecule has 11 heteroatoms. The third-order valence-electron chi connectivity index (χ3n) is 7.69. The summed E-state index contributed by atoms with van der Waals surface area (Å²) in [5, 5.41) is 5.36.